The summed E-state index contributed by atoms with van der Waals surface area (Å²) in [5.41, 5.74) is 7.62. The molecule has 1 aliphatic carbocycles. The Labute approximate surface area is 247 Å². The highest BCUT2D eigenvalue weighted by Gasteiger charge is 2.46. The van der Waals surface area contributed by atoms with Gasteiger partial charge in [0.1, 0.15) is 6.04 Å². The Balaban J connectivity index is 1.63. The van der Waals surface area contributed by atoms with Gasteiger partial charge in [-0.2, -0.15) is 0 Å². The van der Waals surface area contributed by atoms with Crippen molar-refractivity contribution >= 4 is 34.9 Å². The minimum absolute atomic E-state index is 0.0164. The fraction of sp³-hybridized carbons (Fsp3) is 0.469. The molecule has 1 saturated carbocycles. The van der Waals surface area contributed by atoms with Crippen molar-refractivity contribution < 1.29 is 19.1 Å². The number of nitrogens with one attached hydrogen (secondary N) is 2. The quantitative estimate of drug-likeness (QED) is 0.368. The molecule has 2 aliphatic rings. The molecule has 3 amide bonds. The highest BCUT2D eigenvalue weighted by atomic mass is 35.5. The topological polar surface area (TPSA) is 114 Å². The number of amides is 3. The number of carbonyl (C=O) groups is 3. The van der Waals surface area contributed by atoms with E-state index in [2.05, 4.69) is 10.6 Å². The number of ether oxygens (including phenoxy) is 1. The van der Waals surface area contributed by atoms with Crippen LogP contribution in [-0.2, 0) is 25.7 Å². The van der Waals surface area contributed by atoms with Gasteiger partial charge in [-0.3, -0.25) is 14.4 Å². The molecule has 0 saturated heterocycles. The average Bonchev–Trinajstić information content (AvgIpc) is 3.20. The van der Waals surface area contributed by atoms with Crippen LogP contribution in [0.15, 0.2) is 60.2 Å². The number of likely N-dealkylation sites (N-methyl/N-ethyl adjacent to an activating group) is 1. The summed E-state index contributed by atoms with van der Waals surface area (Å²) in [7, 11) is 0. The number of carbonyl (C=O) groups excluding carboxylic acids is 3. The highest BCUT2D eigenvalue weighted by Crippen LogP contribution is 2.43. The lowest BCUT2D eigenvalue weighted by molar-refractivity contribution is -0.139. The lowest BCUT2D eigenvalue weighted by atomic mass is 9.76. The lowest BCUT2D eigenvalue weighted by Crippen LogP contribution is -2.58. The van der Waals surface area contributed by atoms with E-state index in [1.165, 1.54) is 0 Å². The Morgan fingerprint density at radius 1 is 1.10 bits per heavy atom. The van der Waals surface area contributed by atoms with Crippen LogP contribution < -0.4 is 16.4 Å². The molecule has 1 heterocycles. The number of benzene rings is 2. The summed E-state index contributed by atoms with van der Waals surface area (Å²) in [6.07, 6.45) is 4.74. The van der Waals surface area contributed by atoms with E-state index in [1.54, 1.807) is 30.9 Å². The van der Waals surface area contributed by atoms with Gasteiger partial charge in [0.05, 0.1) is 24.3 Å². The van der Waals surface area contributed by atoms with Gasteiger partial charge in [-0.05, 0) is 62.4 Å². The molecule has 220 valence electrons. The highest BCUT2D eigenvalue weighted by molar-refractivity contribution is 6.31. The second-order valence-electron chi connectivity index (χ2n) is 11.6. The zero-order valence-electron chi connectivity index (χ0n) is 24.2. The van der Waals surface area contributed by atoms with Crippen LogP contribution in [0, 0.1) is 0 Å². The van der Waals surface area contributed by atoms with E-state index in [0.717, 1.165) is 48.8 Å². The maximum absolute atomic E-state index is 14.1. The molecule has 4 rings (SSSR count). The van der Waals surface area contributed by atoms with E-state index in [0.29, 0.717) is 23.7 Å². The molecule has 0 radical (unpaired) electrons. The first-order chi connectivity index (χ1) is 19.5. The SMILES string of the molecule is CCN(CC1=C(c2ccc(Cl)cc2)C(=O)NC12CCCCC2)C(=O)[C@@H](COCc1ccccc1)NC(=O)C(C)(C)N. The molecule has 1 fully saturated rings. The fourth-order valence-corrected chi connectivity index (χ4v) is 5.74. The second-order valence-corrected chi connectivity index (χ2v) is 12.0. The van der Waals surface area contributed by atoms with Crippen molar-refractivity contribution in [3.63, 3.8) is 0 Å². The zero-order chi connectivity index (χ0) is 29.6. The van der Waals surface area contributed by atoms with Gasteiger partial charge in [0.15, 0.2) is 0 Å². The molecule has 8 nitrogen and oxygen atoms in total. The normalized spacial score (nSPS) is 17.3. The fourth-order valence-electron chi connectivity index (χ4n) is 5.61. The Morgan fingerprint density at radius 2 is 1.76 bits per heavy atom. The van der Waals surface area contributed by atoms with Gasteiger partial charge in [0, 0.05) is 23.7 Å². The van der Waals surface area contributed by atoms with E-state index in [9.17, 15) is 14.4 Å². The molecular formula is C32H41ClN4O4. The maximum Gasteiger partial charge on any atom is 0.252 e. The molecule has 1 spiro atoms. The Hall–Kier alpha value is -3.20. The molecule has 9 heteroatoms. The Kier molecular flexibility index (Phi) is 9.89. The third-order valence-corrected chi connectivity index (χ3v) is 8.18. The van der Waals surface area contributed by atoms with Gasteiger partial charge in [-0.15, -0.1) is 0 Å². The van der Waals surface area contributed by atoms with Crippen molar-refractivity contribution in [1.82, 2.24) is 15.5 Å². The van der Waals surface area contributed by atoms with Crippen LogP contribution in [0.3, 0.4) is 0 Å². The standard InChI is InChI=1S/C32H41ClN4O4/c1-4-37(29(39)26(35-30(40)31(2,3)34)21-41-20-22-11-7-5-8-12-22)19-25-27(23-13-15-24(33)16-14-23)28(38)36-32(25)17-9-6-10-18-32/h5,7-8,11-16,26H,4,6,9-10,17-21,34H2,1-3H3,(H,35,40)(H,36,38)/t26-/m1/s1. The van der Waals surface area contributed by atoms with Crippen molar-refractivity contribution in [1.29, 1.82) is 0 Å². The van der Waals surface area contributed by atoms with Crippen molar-refractivity contribution in [3.05, 3.63) is 76.3 Å². The third kappa shape index (κ3) is 7.36. The first-order valence-corrected chi connectivity index (χ1v) is 14.7. The van der Waals surface area contributed by atoms with Crippen molar-refractivity contribution in [2.45, 2.75) is 76.6 Å². The van der Waals surface area contributed by atoms with Crippen LogP contribution in [0.2, 0.25) is 5.02 Å². The van der Waals surface area contributed by atoms with Gasteiger partial charge in [-0.1, -0.05) is 73.3 Å². The minimum atomic E-state index is -1.17. The number of nitrogens with two attached hydrogens (primary N) is 1. The van der Waals surface area contributed by atoms with Crippen LogP contribution in [0.1, 0.15) is 64.0 Å². The molecule has 0 bridgehead atoms. The summed E-state index contributed by atoms with van der Waals surface area (Å²) in [6.45, 7) is 6.01. The minimum Gasteiger partial charge on any atom is -0.374 e. The maximum atomic E-state index is 14.1. The van der Waals surface area contributed by atoms with Gasteiger partial charge in [0.2, 0.25) is 11.8 Å². The zero-order valence-corrected chi connectivity index (χ0v) is 24.9. The number of nitrogens with zero attached hydrogens (tertiary/aromatic N) is 1. The molecule has 0 unspecified atom stereocenters. The smallest absolute Gasteiger partial charge is 0.252 e. The summed E-state index contributed by atoms with van der Waals surface area (Å²) in [4.78, 5) is 42.1. The van der Waals surface area contributed by atoms with Gasteiger partial charge < -0.3 is 26.0 Å². The van der Waals surface area contributed by atoms with Crippen molar-refractivity contribution in [2.75, 3.05) is 19.7 Å². The van der Waals surface area contributed by atoms with Crippen LogP contribution in [0.4, 0.5) is 0 Å². The van der Waals surface area contributed by atoms with E-state index < -0.39 is 23.0 Å². The molecule has 2 aromatic carbocycles. The predicted octanol–water partition coefficient (Wildman–Crippen LogP) is 4.21. The number of hydrogen-bond donors (Lipinski definition) is 3. The lowest BCUT2D eigenvalue weighted by Gasteiger charge is -2.38. The average molecular weight is 581 g/mol. The predicted molar refractivity (Wildman–Crippen MR) is 161 cm³/mol. The second kappa shape index (κ2) is 13.2. The third-order valence-electron chi connectivity index (χ3n) is 7.93. The van der Waals surface area contributed by atoms with Crippen LogP contribution >= 0.6 is 11.6 Å². The summed E-state index contributed by atoms with van der Waals surface area (Å²) < 4.78 is 5.92. The van der Waals surface area contributed by atoms with E-state index in [1.807, 2.05) is 49.4 Å². The number of halogens is 1. The van der Waals surface area contributed by atoms with Crippen molar-refractivity contribution in [2.24, 2.45) is 5.73 Å². The first-order valence-electron chi connectivity index (χ1n) is 14.4. The first kappa shape index (κ1) is 30.8. The molecule has 0 aromatic heterocycles. The van der Waals surface area contributed by atoms with Crippen LogP contribution in [0.25, 0.3) is 5.57 Å². The molecular weight excluding hydrogens is 540 g/mol. The monoisotopic (exact) mass is 580 g/mol. The van der Waals surface area contributed by atoms with Gasteiger partial charge in [-0.25, -0.2) is 0 Å². The van der Waals surface area contributed by atoms with E-state index in [4.69, 9.17) is 22.1 Å². The van der Waals surface area contributed by atoms with Gasteiger partial charge in [0.25, 0.3) is 5.91 Å². The Bertz CT molecular complexity index is 1260. The van der Waals surface area contributed by atoms with E-state index in [-0.39, 0.29) is 25.0 Å². The largest absolute Gasteiger partial charge is 0.374 e. The van der Waals surface area contributed by atoms with Crippen LogP contribution in [-0.4, -0.2) is 59.4 Å². The molecule has 2 aromatic rings. The molecule has 1 aliphatic heterocycles. The van der Waals surface area contributed by atoms with Crippen LogP contribution in [0.5, 0.6) is 0 Å². The van der Waals surface area contributed by atoms with Crippen molar-refractivity contribution in [3.8, 4) is 0 Å². The number of rotatable bonds is 11. The van der Waals surface area contributed by atoms with Gasteiger partial charge >= 0.3 is 0 Å². The summed E-state index contributed by atoms with van der Waals surface area (Å²) in [5.74, 6) is -0.863. The molecule has 41 heavy (non-hydrogen) atoms. The Morgan fingerprint density at radius 3 is 2.37 bits per heavy atom. The summed E-state index contributed by atoms with van der Waals surface area (Å²) >= 11 is 6.15. The number of hydrogen-bond acceptors (Lipinski definition) is 5. The summed E-state index contributed by atoms with van der Waals surface area (Å²) in [5, 5.41) is 6.69. The molecule has 1 atom stereocenters. The van der Waals surface area contributed by atoms with E-state index >= 15 is 0 Å². The molecule has 4 N–H and O–H groups in total. The summed E-state index contributed by atoms with van der Waals surface area (Å²) in [6, 6.07) is 15.9.